The zero-order valence-electron chi connectivity index (χ0n) is 23.2. The van der Waals surface area contributed by atoms with Crippen molar-refractivity contribution in [3.05, 3.63) is 118 Å². The number of benzene rings is 2. The second kappa shape index (κ2) is 12.2. The molecule has 5 rings (SSSR count). The van der Waals surface area contributed by atoms with E-state index in [1.54, 1.807) is 24.5 Å². The number of carbonyl (C=O) groups excluding carboxylic acids is 2. The molecule has 7 heteroatoms. The van der Waals surface area contributed by atoms with Crippen LogP contribution in [0.15, 0.2) is 83.5 Å². The first-order chi connectivity index (χ1) is 19.4. The predicted molar refractivity (Wildman–Crippen MR) is 153 cm³/mol. The Morgan fingerprint density at radius 2 is 1.82 bits per heavy atom. The monoisotopic (exact) mass is 537 g/mol. The molecule has 2 aromatic heterocycles. The van der Waals surface area contributed by atoms with Gasteiger partial charge in [-0.15, -0.1) is 0 Å². The van der Waals surface area contributed by atoms with Crippen LogP contribution in [0.4, 0.5) is 0 Å². The number of hydrogen-bond acceptors (Lipinski definition) is 5. The molecule has 4 aromatic rings. The molecule has 1 N–H and O–H groups in total. The molecule has 1 unspecified atom stereocenters. The summed E-state index contributed by atoms with van der Waals surface area (Å²) < 4.78 is 11.9. The quantitative estimate of drug-likeness (QED) is 0.283. The summed E-state index contributed by atoms with van der Waals surface area (Å²) in [6.07, 6.45) is 4.70. The zero-order chi connectivity index (χ0) is 28.1. The van der Waals surface area contributed by atoms with E-state index >= 15 is 0 Å². The molecule has 3 heterocycles. The molecule has 0 saturated carbocycles. The average Bonchev–Trinajstić information content (AvgIpc) is 3.44. The van der Waals surface area contributed by atoms with Crippen molar-refractivity contribution in [2.45, 2.75) is 52.8 Å². The van der Waals surface area contributed by atoms with Crippen LogP contribution in [-0.4, -0.2) is 28.2 Å². The van der Waals surface area contributed by atoms with Crippen molar-refractivity contribution in [1.82, 2.24) is 15.2 Å². The maximum atomic E-state index is 13.3. The second-order valence-corrected chi connectivity index (χ2v) is 10.7. The van der Waals surface area contributed by atoms with Gasteiger partial charge in [-0.25, -0.2) is 0 Å². The highest BCUT2D eigenvalue weighted by Crippen LogP contribution is 2.38. The molecule has 2 amide bonds. The number of nitrogens with one attached hydrogen (secondary N) is 1. The van der Waals surface area contributed by atoms with E-state index < -0.39 is 0 Å². The van der Waals surface area contributed by atoms with Crippen LogP contribution >= 0.6 is 0 Å². The lowest BCUT2D eigenvalue weighted by Gasteiger charge is -2.38. The van der Waals surface area contributed by atoms with Crippen molar-refractivity contribution < 1.29 is 18.7 Å². The summed E-state index contributed by atoms with van der Waals surface area (Å²) in [6, 6.07) is 21.4. The molecule has 2 aromatic carbocycles. The molecule has 1 atom stereocenters. The predicted octanol–water partition coefficient (Wildman–Crippen LogP) is 6.01. The van der Waals surface area contributed by atoms with E-state index in [4.69, 9.17) is 9.15 Å². The van der Waals surface area contributed by atoms with Crippen LogP contribution in [0.5, 0.6) is 5.75 Å². The first-order valence-corrected chi connectivity index (χ1v) is 13.7. The number of rotatable bonds is 9. The smallest absolute Gasteiger partial charge is 0.287 e. The molecule has 206 valence electrons. The van der Waals surface area contributed by atoms with Crippen LogP contribution in [0, 0.1) is 12.8 Å². The van der Waals surface area contributed by atoms with Crippen molar-refractivity contribution in [2.24, 2.45) is 5.92 Å². The van der Waals surface area contributed by atoms with Crippen LogP contribution in [0.25, 0.3) is 0 Å². The minimum Gasteiger partial charge on any atom is -0.486 e. The maximum Gasteiger partial charge on any atom is 0.287 e. The number of amides is 2. The van der Waals surface area contributed by atoms with Gasteiger partial charge in [0.25, 0.3) is 5.91 Å². The van der Waals surface area contributed by atoms with Gasteiger partial charge in [-0.1, -0.05) is 49.7 Å². The molecule has 0 saturated heterocycles. The number of fused-ring (bicyclic) bond motifs is 1. The van der Waals surface area contributed by atoms with Crippen LogP contribution in [0.3, 0.4) is 0 Å². The van der Waals surface area contributed by atoms with Crippen molar-refractivity contribution in [3.63, 3.8) is 0 Å². The molecule has 0 spiro atoms. The third-order valence-electron chi connectivity index (χ3n) is 7.11. The lowest BCUT2D eigenvalue weighted by molar-refractivity contribution is -0.134. The molecule has 0 bridgehead atoms. The van der Waals surface area contributed by atoms with Gasteiger partial charge in [0.2, 0.25) is 5.91 Å². The maximum absolute atomic E-state index is 13.3. The van der Waals surface area contributed by atoms with Gasteiger partial charge in [0, 0.05) is 31.9 Å². The second-order valence-electron chi connectivity index (χ2n) is 10.7. The molecule has 0 fully saturated rings. The molecule has 0 aliphatic carbocycles. The minimum atomic E-state index is -0.288. The Morgan fingerprint density at radius 1 is 1.05 bits per heavy atom. The summed E-state index contributed by atoms with van der Waals surface area (Å²) in [6.45, 7) is 7.48. The molecular weight excluding hydrogens is 502 g/mol. The highest BCUT2D eigenvalue weighted by atomic mass is 16.5. The Morgan fingerprint density at radius 3 is 2.58 bits per heavy atom. The van der Waals surface area contributed by atoms with E-state index in [9.17, 15) is 9.59 Å². The van der Waals surface area contributed by atoms with E-state index in [2.05, 4.69) is 61.4 Å². The van der Waals surface area contributed by atoms with Crippen LogP contribution in [0.1, 0.15) is 70.4 Å². The number of ether oxygens (including phenoxy) is 1. The number of aromatic nitrogens is 1. The molecule has 40 heavy (non-hydrogen) atoms. The summed E-state index contributed by atoms with van der Waals surface area (Å²) in [7, 11) is 0. The lowest BCUT2D eigenvalue weighted by Crippen LogP contribution is -2.41. The zero-order valence-corrected chi connectivity index (χ0v) is 23.2. The number of nitrogens with zero attached hydrogens (tertiary/aromatic N) is 2. The number of pyridine rings is 1. The number of aryl methyl sites for hydroxylation is 1. The van der Waals surface area contributed by atoms with Gasteiger partial charge in [0.15, 0.2) is 5.76 Å². The third kappa shape index (κ3) is 6.42. The average molecular weight is 538 g/mol. The normalized spacial score (nSPS) is 14.6. The SMILES string of the molecule is Cc1ccc(C2c3cc(OCc4ccc(C(=O)NCc5ccncc5)o4)ccc3CCN2C(=O)CC(C)C)cc1. The summed E-state index contributed by atoms with van der Waals surface area (Å²) in [5.74, 6) is 1.64. The Kier molecular flexibility index (Phi) is 8.29. The number of furan rings is 1. The van der Waals surface area contributed by atoms with E-state index in [1.165, 1.54) is 11.1 Å². The first-order valence-electron chi connectivity index (χ1n) is 13.7. The van der Waals surface area contributed by atoms with Crippen molar-refractivity contribution >= 4 is 11.8 Å². The highest BCUT2D eigenvalue weighted by Gasteiger charge is 2.32. The Hall–Kier alpha value is -4.39. The largest absolute Gasteiger partial charge is 0.486 e. The molecular formula is C33H35N3O4. The number of hydrogen-bond donors (Lipinski definition) is 1. The van der Waals surface area contributed by atoms with Crippen LogP contribution in [-0.2, 0) is 24.4 Å². The summed E-state index contributed by atoms with van der Waals surface area (Å²) in [4.78, 5) is 31.8. The van der Waals surface area contributed by atoms with Crippen LogP contribution < -0.4 is 10.1 Å². The van der Waals surface area contributed by atoms with E-state index in [0.29, 0.717) is 31.0 Å². The lowest BCUT2D eigenvalue weighted by atomic mass is 9.87. The van der Waals surface area contributed by atoms with E-state index in [1.807, 2.05) is 29.2 Å². The topological polar surface area (TPSA) is 84.7 Å². The fraction of sp³-hybridized carbons (Fsp3) is 0.303. The van der Waals surface area contributed by atoms with E-state index in [0.717, 1.165) is 23.1 Å². The van der Waals surface area contributed by atoms with Crippen molar-refractivity contribution in [2.75, 3.05) is 6.54 Å². The molecule has 1 aliphatic rings. The van der Waals surface area contributed by atoms with Gasteiger partial charge in [-0.05, 0) is 77.9 Å². The summed E-state index contributed by atoms with van der Waals surface area (Å²) >= 11 is 0. The van der Waals surface area contributed by atoms with Crippen LogP contribution in [0.2, 0.25) is 0 Å². The Bertz CT molecular complexity index is 1460. The van der Waals surface area contributed by atoms with Gasteiger partial charge in [0.1, 0.15) is 18.1 Å². The molecule has 0 radical (unpaired) electrons. The highest BCUT2D eigenvalue weighted by molar-refractivity contribution is 5.91. The summed E-state index contributed by atoms with van der Waals surface area (Å²) in [5, 5.41) is 2.85. The first kappa shape index (κ1) is 27.2. The molecule has 1 aliphatic heterocycles. The van der Waals surface area contributed by atoms with E-state index in [-0.39, 0.29) is 36.1 Å². The van der Waals surface area contributed by atoms with Gasteiger partial charge in [-0.3, -0.25) is 14.6 Å². The standard InChI is InChI=1S/C33H35N3O4/c1-22(2)18-31(37)36-17-14-25-8-9-27(19-29(25)32(36)26-6-4-23(3)5-7-26)39-21-28-10-11-30(40-28)33(38)35-20-24-12-15-34-16-13-24/h4-13,15-16,19,22,32H,14,17-18,20-21H2,1-3H3,(H,35,38). The fourth-order valence-electron chi connectivity index (χ4n) is 5.03. The van der Waals surface area contributed by atoms with Crippen molar-refractivity contribution in [3.8, 4) is 5.75 Å². The number of carbonyl (C=O) groups is 2. The van der Waals surface area contributed by atoms with Gasteiger partial charge in [0.05, 0.1) is 6.04 Å². The fourth-order valence-corrected chi connectivity index (χ4v) is 5.03. The minimum absolute atomic E-state index is 0.168. The van der Waals surface area contributed by atoms with Gasteiger partial charge in [-0.2, -0.15) is 0 Å². The Balaban J connectivity index is 1.30. The Labute approximate surface area is 235 Å². The molecule has 7 nitrogen and oxygen atoms in total. The van der Waals surface area contributed by atoms with Crippen molar-refractivity contribution in [1.29, 1.82) is 0 Å². The summed E-state index contributed by atoms with van der Waals surface area (Å²) in [5.41, 5.74) is 5.53. The van der Waals surface area contributed by atoms with Gasteiger partial charge < -0.3 is 19.4 Å². The van der Waals surface area contributed by atoms with Gasteiger partial charge >= 0.3 is 0 Å². The third-order valence-corrected chi connectivity index (χ3v) is 7.11.